The summed E-state index contributed by atoms with van der Waals surface area (Å²) in [6.45, 7) is 0. The van der Waals surface area contributed by atoms with E-state index in [0.717, 1.165) is 11.3 Å². The second-order valence-electron chi connectivity index (χ2n) is 10.3. The number of aromatic amines is 2. The van der Waals surface area contributed by atoms with Gasteiger partial charge in [-0.15, -0.1) is 0 Å². The SMILES string of the molecule is O=C1CCc2c(c(F)cc3[nH]ccc23)Oc2ccc(F)c(c2)-c2ncc([nH]2)C(c2ccccc2)CCCCS(=O)(=O)N1. The van der Waals surface area contributed by atoms with Crippen LogP contribution in [0, 0.1) is 11.6 Å². The Morgan fingerprint density at radius 1 is 0.952 bits per heavy atom. The molecule has 1 unspecified atom stereocenters. The number of amides is 1. The summed E-state index contributed by atoms with van der Waals surface area (Å²) >= 11 is 0. The van der Waals surface area contributed by atoms with Crippen LogP contribution >= 0.6 is 0 Å². The molecule has 6 rings (SSSR count). The maximum atomic E-state index is 15.4. The number of ether oxygens (including phenoxy) is 1. The van der Waals surface area contributed by atoms with Gasteiger partial charge in [-0.3, -0.25) is 9.52 Å². The average molecular weight is 591 g/mol. The van der Waals surface area contributed by atoms with Crippen LogP contribution in [0.5, 0.6) is 11.5 Å². The number of nitrogens with zero attached hydrogens (tertiary/aromatic N) is 1. The number of sulfonamides is 1. The van der Waals surface area contributed by atoms with E-state index in [-0.39, 0.29) is 47.4 Å². The van der Waals surface area contributed by atoms with E-state index in [1.54, 1.807) is 18.5 Å². The number of aromatic nitrogens is 3. The van der Waals surface area contributed by atoms with Gasteiger partial charge in [-0.2, -0.15) is 0 Å². The zero-order chi connectivity index (χ0) is 29.3. The Labute approximate surface area is 241 Å². The van der Waals surface area contributed by atoms with Crippen LogP contribution < -0.4 is 9.46 Å². The highest BCUT2D eigenvalue weighted by molar-refractivity contribution is 7.90. The van der Waals surface area contributed by atoms with Crippen LogP contribution in [0.25, 0.3) is 22.3 Å². The van der Waals surface area contributed by atoms with Crippen molar-refractivity contribution in [2.24, 2.45) is 0 Å². The minimum atomic E-state index is -3.87. The van der Waals surface area contributed by atoms with Crippen molar-refractivity contribution in [3.63, 3.8) is 0 Å². The number of fused-ring (bicyclic) bond motifs is 8. The molecule has 0 radical (unpaired) electrons. The van der Waals surface area contributed by atoms with Gasteiger partial charge in [0.2, 0.25) is 15.9 Å². The molecule has 3 heterocycles. The number of nitrogens with one attached hydrogen (secondary N) is 3. The van der Waals surface area contributed by atoms with Gasteiger partial charge < -0.3 is 14.7 Å². The summed E-state index contributed by atoms with van der Waals surface area (Å²) in [4.78, 5) is 23.3. The number of carbonyl (C=O) groups is 1. The van der Waals surface area contributed by atoms with Gasteiger partial charge in [-0.1, -0.05) is 36.8 Å². The lowest BCUT2D eigenvalue weighted by Gasteiger charge is -2.16. The maximum absolute atomic E-state index is 15.4. The van der Waals surface area contributed by atoms with Crippen LogP contribution in [0.4, 0.5) is 8.78 Å². The monoisotopic (exact) mass is 590 g/mol. The quantitative estimate of drug-likeness (QED) is 0.211. The largest absolute Gasteiger partial charge is 0.454 e. The highest BCUT2D eigenvalue weighted by atomic mass is 32.2. The van der Waals surface area contributed by atoms with Crippen molar-refractivity contribution in [2.45, 2.75) is 38.0 Å². The fraction of sp³-hybridized carbons (Fsp3) is 0.226. The number of carbonyl (C=O) groups excluding carboxylic acids is 1. The Bertz CT molecular complexity index is 1870. The maximum Gasteiger partial charge on any atom is 0.234 e. The molecule has 0 aliphatic carbocycles. The van der Waals surface area contributed by atoms with Gasteiger partial charge in [0.1, 0.15) is 17.4 Å². The molecule has 4 bridgehead atoms. The van der Waals surface area contributed by atoms with E-state index in [9.17, 15) is 13.2 Å². The predicted octanol–water partition coefficient (Wildman–Crippen LogP) is 6.32. The molecule has 0 saturated carbocycles. The molecule has 11 heteroatoms. The Hall–Kier alpha value is -4.51. The number of benzene rings is 3. The third-order valence-corrected chi connectivity index (χ3v) is 8.84. The van der Waals surface area contributed by atoms with Crippen molar-refractivity contribution in [3.8, 4) is 22.9 Å². The summed E-state index contributed by atoms with van der Waals surface area (Å²) in [6.07, 6.45) is 4.57. The summed E-state index contributed by atoms with van der Waals surface area (Å²) in [5, 5.41) is 0.623. The van der Waals surface area contributed by atoms with Gasteiger partial charge >= 0.3 is 0 Å². The number of halogens is 2. The molecule has 1 amide bonds. The lowest BCUT2D eigenvalue weighted by atomic mass is 9.91. The second-order valence-corrected chi connectivity index (χ2v) is 12.2. The van der Waals surface area contributed by atoms with E-state index >= 15 is 8.78 Å². The zero-order valence-corrected chi connectivity index (χ0v) is 23.3. The second kappa shape index (κ2) is 11.4. The molecule has 0 spiro atoms. The molecule has 8 nitrogen and oxygen atoms in total. The molecule has 42 heavy (non-hydrogen) atoms. The highest BCUT2D eigenvalue weighted by Gasteiger charge is 2.23. The summed E-state index contributed by atoms with van der Waals surface area (Å²) in [5.41, 5.74) is 2.77. The minimum absolute atomic E-state index is 0.0111. The smallest absolute Gasteiger partial charge is 0.234 e. The van der Waals surface area contributed by atoms with Crippen LogP contribution in [0.15, 0.2) is 73.1 Å². The Kier molecular flexibility index (Phi) is 7.51. The molecule has 216 valence electrons. The van der Waals surface area contributed by atoms with E-state index in [1.807, 2.05) is 30.3 Å². The fourth-order valence-corrected chi connectivity index (χ4v) is 6.58. The summed E-state index contributed by atoms with van der Waals surface area (Å²) in [6, 6.07) is 16.8. The van der Waals surface area contributed by atoms with Gasteiger partial charge in [-0.05, 0) is 49.1 Å². The lowest BCUT2D eigenvalue weighted by Crippen LogP contribution is -2.32. The Morgan fingerprint density at radius 3 is 2.62 bits per heavy atom. The number of hydrogen-bond acceptors (Lipinski definition) is 5. The summed E-state index contributed by atoms with van der Waals surface area (Å²) in [7, 11) is -3.87. The van der Waals surface area contributed by atoms with Crippen molar-refractivity contribution in [2.75, 3.05) is 5.75 Å². The van der Waals surface area contributed by atoms with E-state index in [4.69, 9.17) is 4.74 Å². The van der Waals surface area contributed by atoms with E-state index in [0.29, 0.717) is 35.7 Å². The first-order valence-corrected chi connectivity index (χ1v) is 15.3. The topological polar surface area (TPSA) is 117 Å². The summed E-state index contributed by atoms with van der Waals surface area (Å²) in [5.74, 6) is -1.96. The highest BCUT2D eigenvalue weighted by Crippen LogP contribution is 2.37. The van der Waals surface area contributed by atoms with Gasteiger partial charge in [-0.25, -0.2) is 22.2 Å². The minimum Gasteiger partial charge on any atom is -0.454 e. The van der Waals surface area contributed by atoms with Crippen LogP contribution in [0.2, 0.25) is 0 Å². The van der Waals surface area contributed by atoms with Gasteiger partial charge in [0.15, 0.2) is 11.6 Å². The van der Waals surface area contributed by atoms with E-state index in [1.165, 1.54) is 24.3 Å². The molecule has 3 aromatic carbocycles. The average Bonchev–Trinajstić information content (AvgIpc) is 3.63. The van der Waals surface area contributed by atoms with E-state index < -0.39 is 27.6 Å². The molecule has 3 N–H and O–H groups in total. The standard InChI is InChI=1S/C31H28F2N4O4S/c32-25-11-9-20-16-24(25)31-35-18-28(36-31)21(19-6-2-1-3-7-19)8-4-5-15-42(39,40)37-29(38)12-10-23-22-13-14-34-27(22)17-26(33)30(23)41-20/h1-3,6-7,9,11,13-14,16-18,21,34H,4-5,8,10,12,15H2,(H,35,36)(H,37,38). The Morgan fingerprint density at radius 2 is 1.79 bits per heavy atom. The van der Waals surface area contributed by atoms with Gasteiger partial charge in [0.25, 0.3) is 0 Å². The lowest BCUT2D eigenvalue weighted by molar-refractivity contribution is -0.119. The van der Waals surface area contributed by atoms with Crippen LogP contribution in [-0.4, -0.2) is 35.0 Å². The summed E-state index contributed by atoms with van der Waals surface area (Å²) < 4.78 is 64.0. The molecule has 1 aliphatic heterocycles. The van der Waals surface area contributed by atoms with Crippen LogP contribution in [0.3, 0.4) is 0 Å². The van der Waals surface area contributed by atoms with Crippen LogP contribution in [0.1, 0.15) is 48.4 Å². The van der Waals surface area contributed by atoms with Crippen molar-refractivity contribution in [1.29, 1.82) is 0 Å². The number of aryl methyl sites for hydroxylation is 1. The number of hydrogen-bond donors (Lipinski definition) is 3. The molecule has 1 atom stereocenters. The van der Waals surface area contributed by atoms with Crippen molar-refractivity contribution >= 4 is 26.8 Å². The number of rotatable bonds is 1. The predicted molar refractivity (Wildman–Crippen MR) is 155 cm³/mol. The first-order valence-electron chi connectivity index (χ1n) is 13.7. The van der Waals surface area contributed by atoms with E-state index in [2.05, 4.69) is 19.7 Å². The van der Waals surface area contributed by atoms with Crippen molar-refractivity contribution in [1.82, 2.24) is 19.7 Å². The van der Waals surface area contributed by atoms with Crippen molar-refractivity contribution in [3.05, 3.63) is 102 Å². The Balaban J connectivity index is 1.44. The first-order chi connectivity index (χ1) is 20.3. The molecular formula is C31H28F2N4O4S. The normalized spacial score (nSPS) is 17.8. The molecule has 1 aliphatic rings. The third kappa shape index (κ3) is 5.78. The molecular weight excluding hydrogens is 562 g/mol. The molecule has 0 saturated heterocycles. The first kappa shape index (κ1) is 27.6. The number of imidazole rings is 1. The van der Waals surface area contributed by atoms with Gasteiger partial charge in [0, 0.05) is 53.0 Å². The molecule has 5 aromatic rings. The van der Waals surface area contributed by atoms with Gasteiger partial charge in [0.05, 0.1) is 11.3 Å². The fourth-order valence-electron chi connectivity index (χ4n) is 5.44. The number of H-pyrrole nitrogens is 2. The van der Waals surface area contributed by atoms with Crippen LogP contribution in [-0.2, 0) is 21.2 Å². The zero-order valence-electron chi connectivity index (χ0n) is 22.5. The molecule has 0 fully saturated rings. The van der Waals surface area contributed by atoms with Crippen molar-refractivity contribution < 1.29 is 26.7 Å². The third-order valence-electron chi connectivity index (χ3n) is 7.48. The molecule has 2 aromatic heterocycles.